The minimum atomic E-state index is -0.579. The van der Waals surface area contributed by atoms with Crippen molar-refractivity contribution in [3.05, 3.63) is 34.9 Å². The number of rotatable bonds is 2. The maximum absolute atomic E-state index is 12.4. The van der Waals surface area contributed by atoms with Crippen LogP contribution in [0.5, 0.6) is 0 Å². The third-order valence-corrected chi connectivity index (χ3v) is 4.21. The summed E-state index contributed by atoms with van der Waals surface area (Å²) < 4.78 is 4.73. The molecule has 7 heteroatoms. The Bertz CT molecular complexity index is 610. The van der Waals surface area contributed by atoms with E-state index in [1.54, 1.807) is 29.2 Å². The number of nitrogens with zero attached hydrogens (tertiary/aromatic N) is 2. The van der Waals surface area contributed by atoms with Gasteiger partial charge in [0.1, 0.15) is 0 Å². The van der Waals surface area contributed by atoms with Crippen molar-refractivity contribution in [3.8, 4) is 0 Å². The first-order valence-electron chi connectivity index (χ1n) is 7.10. The number of carbonyl (C=O) groups excluding carboxylic acids is 3. The maximum atomic E-state index is 12.4. The van der Waals surface area contributed by atoms with Gasteiger partial charge in [0.05, 0.1) is 0 Å². The molecule has 6 nitrogen and oxygen atoms in total. The fraction of sp³-hybridized carbons (Fsp3) is 0.400. The number of cyclic esters (lactones) is 1. The van der Waals surface area contributed by atoms with Crippen molar-refractivity contribution in [2.75, 3.05) is 19.7 Å². The number of likely N-dealkylation sites (tertiary alicyclic amines) is 1. The molecule has 0 bridgehead atoms. The van der Waals surface area contributed by atoms with E-state index in [2.05, 4.69) is 0 Å². The lowest BCUT2D eigenvalue weighted by atomic mass is 10.0. The monoisotopic (exact) mass is 322 g/mol. The lowest BCUT2D eigenvalue weighted by molar-refractivity contribution is -0.127. The number of halogens is 1. The van der Waals surface area contributed by atoms with Gasteiger partial charge in [0.25, 0.3) is 11.8 Å². The largest absolute Gasteiger partial charge is 0.439 e. The van der Waals surface area contributed by atoms with Gasteiger partial charge in [-0.1, -0.05) is 17.7 Å². The van der Waals surface area contributed by atoms with Crippen LogP contribution >= 0.6 is 11.6 Å². The molecule has 2 heterocycles. The molecule has 0 saturated carbocycles. The topological polar surface area (TPSA) is 66.9 Å². The first kappa shape index (κ1) is 14.8. The molecule has 0 aliphatic carbocycles. The molecular formula is C15H15ClN2O4. The normalized spacial score (nSPS) is 19.5. The molecule has 3 amide bonds. The van der Waals surface area contributed by atoms with Crippen molar-refractivity contribution < 1.29 is 19.1 Å². The van der Waals surface area contributed by atoms with Gasteiger partial charge in [-0.2, -0.15) is 0 Å². The van der Waals surface area contributed by atoms with E-state index in [1.165, 1.54) is 4.90 Å². The Morgan fingerprint density at radius 2 is 1.95 bits per heavy atom. The van der Waals surface area contributed by atoms with E-state index >= 15 is 0 Å². The van der Waals surface area contributed by atoms with Gasteiger partial charge < -0.3 is 9.64 Å². The second kappa shape index (κ2) is 5.96. The highest BCUT2D eigenvalue weighted by atomic mass is 35.5. The van der Waals surface area contributed by atoms with Crippen LogP contribution in [0.4, 0.5) is 4.79 Å². The van der Waals surface area contributed by atoms with Crippen LogP contribution in [-0.2, 0) is 9.53 Å². The standard InChI is InChI=1S/C15H15ClN2O4/c16-11-3-1-2-10(8-11)14(20)17-6-4-12(5-7-17)18-13(19)9-22-15(18)21/h1-3,8,12H,4-7,9H2. The molecule has 0 spiro atoms. The van der Waals surface area contributed by atoms with Gasteiger partial charge >= 0.3 is 6.09 Å². The number of hydrogen-bond acceptors (Lipinski definition) is 4. The van der Waals surface area contributed by atoms with Crippen LogP contribution in [0, 0.1) is 0 Å². The molecule has 1 aromatic carbocycles. The van der Waals surface area contributed by atoms with Crippen LogP contribution in [0.2, 0.25) is 5.02 Å². The number of imide groups is 1. The highest BCUT2D eigenvalue weighted by Gasteiger charge is 2.39. The average Bonchev–Trinajstić information content (AvgIpc) is 2.86. The fourth-order valence-electron chi connectivity index (χ4n) is 2.85. The van der Waals surface area contributed by atoms with Gasteiger partial charge in [-0.05, 0) is 31.0 Å². The van der Waals surface area contributed by atoms with Crippen LogP contribution in [0.3, 0.4) is 0 Å². The van der Waals surface area contributed by atoms with Crippen LogP contribution in [0.1, 0.15) is 23.2 Å². The van der Waals surface area contributed by atoms with E-state index in [1.807, 2.05) is 0 Å². The van der Waals surface area contributed by atoms with Crippen molar-refractivity contribution in [1.29, 1.82) is 0 Å². The van der Waals surface area contributed by atoms with Crippen molar-refractivity contribution in [1.82, 2.24) is 9.80 Å². The number of carbonyl (C=O) groups is 3. The molecular weight excluding hydrogens is 308 g/mol. The maximum Gasteiger partial charge on any atom is 0.417 e. The highest BCUT2D eigenvalue weighted by molar-refractivity contribution is 6.30. The van der Waals surface area contributed by atoms with Crippen LogP contribution < -0.4 is 0 Å². The fourth-order valence-corrected chi connectivity index (χ4v) is 3.04. The SMILES string of the molecule is O=C(c1cccc(Cl)c1)N1CCC(N2C(=O)COC2=O)CC1. The molecule has 2 fully saturated rings. The van der Waals surface area contributed by atoms with Crippen molar-refractivity contribution in [2.24, 2.45) is 0 Å². The molecule has 2 aliphatic heterocycles. The van der Waals surface area contributed by atoms with E-state index < -0.39 is 6.09 Å². The number of hydrogen-bond donors (Lipinski definition) is 0. The second-order valence-corrected chi connectivity index (χ2v) is 5.79. The average molecular weight is 323 g/mol. The van der Waals surface area contributed by atoms with Gasteiger partial charge in [-0.3, -0.25) is 9.59 Å². The van der Waals surface area contributed by atoms with E-state index in [9.17, 15) is 14.4 Å². The van der Waals surface area contributed by atoms with Gasteiger partial charge in [0, 0.05) is 29.7 Å². The zero-order valence-electron chi connectivity index (χ0n) is 11.8. The highest BCUT2D eigenvalue weighted by Crippen LogP contribution is 2.22. The number of ether oxygens (including phenoxy) is 1. The Hall–Kier alpha value is -2.08. The Kier molecular flexibility index (Phi) is 4.02. The molecule has 2 saturated heterocycles. The summed E-state index contributed by atoms with van der Waals surface area (Å²) in [5.41, 5.74) is 0.544. The molecule has 116 valence electrons. The minimum absolute atomic E-state index is 0.0868. The van der Waals surface area contributed by atoms with Crippen molar-refractivity contribution >= 4 is 29.5 Å². The number of benzene rings is 1. The molecule has 0 radical (unpaired) electrons. The third-order valence-electron chi connectivity index (χ3n) is 3.97. The molecule has 2 aliphatic rings. The molecule has 1 aromatic rings. The molecule has 0 N–H and O–H groups in total. The molecule has 22 heavy (non-hydrogen) atoms. The molecule has 0 atom stereocenters. The zero-order valence-corrected chi connectivity index (χ0v) is 12.6. The predicted octanol–water partition coefficient (Wildman–Crippen LogP) is 1.92. The van der Waals surface area contributed by atoms with Crippen LogP contribution in [0.15, 0.2) is 24.3 Å². The third kappa shape index (κ3) is 2.78. The summed E-state index contributed by atoms with van der Waals surface area (Å²) in [6, 6.07) is 6.63. The Balaban J connectivity index is 1.63. The Morgan fingerprint density at radius 1 is 1.23 bits per heavy atom. The first-order valence-corrected chi connectivity index (χ1v) is 7.48. The quantitative estimate of drug-likeness (QED) is 0.834. The smallest absolute Gasteiger partial charge is 0.417 e. The molecule has 0 aromatic heterocycles. The van der Waals surface area contributed by atoms with E-state index in [4.69, 9.17) is 16.3 Å². The summed E-state index contributed by atoms with van der Waals surface area (Å²) in [6.45, 7) is 0.806. The van der Waals surface area contributed by atoms with Crippen molar-refractivity contribution in [2.45, 2.75) is 18.9 Å². The van der Waals surface area contributed by atoms with Gasteiger partial charge in [0.2, 0.25) is 0 Å². The first-order chi connectivity index (χ1) is 10.6. The minimum Gasteiger partial charge on any atom is -0.439 e. The van der Waals surface area contributed by atoms with E-state index in [0.717, 1.165) is 0 Å². The van der Waals surface area contributed by atoms with E-state index in [-0.39, 0.29) is 24.5 Å². The van der Waals surface area contributed by atoms with E-state index in [0.29, 0.717) is 36.5 Å². The zero-order chi connectivity index (χ0) is 15.7. The summed E-state index contributed by atoms with van der Waals surface area (Å²) in [6.07, 6.45) is 0.546. The molecule has 0 unspecified atom stereocenters. The summed E-state index contributed by atoms with van der Waals surface area (Å²) in [5, 5.41) is 0.520. The number of piperidine rings is 1. The summed E-state index contributed by atoms with van der Waals surface area (Å²) in [7, 11) is 0. The molecule has 3 rings (SSSR count). The lowest BCUT2D eigenvalue weighted by Gasteiger charge is -2.34. The summed E-state index contributed by atoms with van der Waals surface area (Å²) in [5.74, 6) is -0.388. The second-order valence-electron chi connectivity index (χ2n) is 5.35. The van der Waals surface area contributed by atoms with Gasteiger partial charge in [0.15, 0.2) is 6.61 Å². The Morgan fingerprint density at radius 3 is 2.55 bits per heavy atom. The summed E-state index contributed by atoms with van der Waals surface area (Å²) >= 11 is 5.90. The van der Waals surface area contributed by atoms with Crippen LogP contribution in [-0.4, -0.2) is 53.4 Å². The van der Waals surface area contributed by atoms with Gasteiger partial charge in [-0.15, -0.1) is 0 Å². The Labute approximate surface area is 132 Å². The van der Waals surface area contributed by atoms with Crippen LogP contribution in [0.25, 0.3) is 0 Å². The lowest BCUT2D eigenvalue weighted by Crippen LogP contribution is -2.48. The van der Waals surface area contributed by atoms with Gasteiger partial charge in [-0.25, -0.2) is 9.69 Å². The predicted molar refractivity (Wildman–Crippen MR) is 78.6 cm³/mol. The summed E-state index contributed by atoms with van der Waals surface area (Å²) in [4.78, 5) is 38.5. The van der Waals surface area contributed by atoms with Crippen molar-refractivity contribution in [3.63, 3.8) is 0 Å². The number of amides is 3.